The molecular weight excluding hydrogens is 517 g/mol. The monoisotopic (exact) mass is 550 g/mol. The molecule has 0 bridgehead atoms. The van der Waals surface area contributed by atoms with Gasteiger partial charge in [-0.1, -0.05) is 67.4 Å². The molecule has 0 spiro atoms. The molecule has 1 aliphatic rings. The summed E-state index contributed by atoms with van der Waals surface area (Å²) < 4.78 is 43.9. The number of aryl methyl sites for hydroxylation is 1. The Bertz CT molecular complexity index is 1380. The summed E-state index contributed by atoms with van der Waals surface area (Å²) >= 11 is 0. The van der Waals surface area contributed by atoms with Crippen LogP contribution >= 0.6 is 0 Å². The smallest absolute Gasteiger partial charge is 0.393 e. The Kier molecular flexibility index (Phi) is 8.67. The first-order chi connectivity index (χ1) is 19.0. The zero-order chi connectivity index (χ0) is 28.9. The highest BCUT2D eigenvalue weighted by molar-refractivity contribution is 6.28. The first kappa shape index (κ1) is 28.9. The lowest BCUT2D eigenvalue weighted by molar-refractivity contribution is -0.127. The van der Waals surface area contributed by atoms with Crippen molar-refractivity contribution >= 4 is 23.1 Å². The molecule has 1 unspecified atom stereocenters. The predicted molar refractivity (Wildman–Crippen MR) is 150 cm³/mol. The van der Waals surface area contributed by atoms with Gasteiger partial charge in [-0.05, 0) is 66.8 Å². The molecule has 1 heterocycles. The van der Waals surface area contributed by atoms with Crippen LogP contribution in [0, 0.1) is 6.92 Å². The van der Waals surface area contributed by atoms with Crippen molar-refractivity contribution in [3.8, 4) is 5.75 Å². The molecule has 210 valence electrons. The number of amides is 2. The lowest BCUT2D eigenvalue weighted by atomic mass is 9.78. The Morgan fingerprint density at radius 3 is 2.25 bits per heavy atom. The van der Waals surface area contributed by atoms with E-state index in [0.29, 0.717) is 24.3 Å². The van der Waals surface area contributed by atoms with Crippen molar-refractivity contribution in [1.29, 1.82) is 0 Å². The average molecular weight is 551 g/mol. The molecule has 2 amide bonds. The molecule has 0 saturated heterocycles. The van der Waals surface area contributed by atoms with E-state index in [1.54, 1.807) is 0 Å². The van der Waals surface area contributed by atoms with E-state index in [9.17, 15) is 22.8 Å². The van der Waals surface area contributed by atoms with Gasteiger partial charge in [-0.25, -0.2) is 0 Å². The number of alkyl halides is 3. The van der Waals surface area contributed by atoms with E-state index in [-0.39, 0.29) is 11.1 Å². The van der Waals surface area contributed by atoms with Gasteiger partial charge in [0.15, 0.2) is 0 Å². The molecule has 0 aliphatic carbocycles. The van der Waals surface area contributed by atoms with E-state index in [1.165, 1.54) is 24.3 Å². The molecule has 1 atom stereocenters. The average Bonchev–Trinajstić information content (AvgIpc) is 2.89. The molecule has 3 aromatic carbocycles. The molecule has 0 saturated carbocycles. The Hall–Kier alpha value is -4.07. The fourth-order valence-corrected chi connectivity index (χ4v) is 4.74. The highest BCUT2D eigenvalue weighted by Crippen LogP contribution is 2.39. The summed E-state index contributed by atoms with van der Waals surface area (Å²) in [5.41, 5.74) is 2.80. The maximum atomic E-state index is 13.5. The summed E-state index contributed by atoms with van der Waals surface area (Å²) in [5, 5.41) is 5.71. The van der Waals surface area contributed by atoms with Gasteiger partial charge in [0.1, 0.15) is 11.3 Å². The Morgan fingerprint density at radius 1 is 1.00 bits per heavy atom. The lowest BCUT2D eigenvalue weighted by Gasteiger charge is -2.37. The number of hydrogen-bond acceptors (Lipinski definition) is 3. The van der Waals surface area contributed by atoms with Crippen molar-refractivity contribution in [3.63, 3.8) is 0 Å². The van der Waals surface area contributed by atoms with Gasteiger partial charge in [-0.3, -0.25) is 9.59 Å². The van der Waals surface area contributed by atoms with Gasteiger partial charge in [-0.2, -0.15) is 13.2 Å². The highest BCUT2D eigenvalue weighted by Gasteiger charge is 2.40. The zero-order valence-corrected chi connectivity index (χ0v) is 22.8. The van der Waals surface area contributed by atoms with Crippen molar-refractivity contribution in [1.82, 2.24) is 5.32 Å². The number of unbranched alkanes of at least 4 members (excludes halogenated alkanes) is 1. The summed E-state index contributed by atoms with van der Waals surface area (Å²) in [6.07, 6.45) is -3.03. The van der Waals surface area contributed by atoms with Crippen LogP contribution in [0.5, 0.6) is 5.75 Å². The van der Waals surface area contributed by atoms with Crippen LogP contribution in [0.2, 0.25) is 0 Å². The summed E-state index contributed by atoms with van der Waals surface area (Å²) in [7, 11) is 0. The second kappa shape index (κ2) is 12.0. The van der Waals surface area contributed by atoms with E-state index in [4.69, 9.17) is 4.74 Å². The van der Waals surface area contributed by atoms with Crippen LogP contribution in [-0.2, 0) is 21.5 Å². The summed E-state index contributed by atoms with van der Waals surface area (Å²) in [4.78, 5) is 27.0. The molecule has 40 heavy (non-hydrogen) atoms. The third kappa shape index (κ3) is 7.11. The number of rotatable bonds is 9. The second-order valence-electron chi connectivity index (χ2n) is 10.4. The van der Waals surface area contributed by atoms with E-state index >= 15 is 0 Å². The van der Waals surface area contributed by atoms with Crippen LogP contribution in [0.25, 0.3) is 5.57 Å². The van der Waals surface area contributed by atoms with Crippen molar-refractivity contribution in [2.45, 2.75) is 58.2 Å². The molecule has 1 aliphatic heterocycles. The molecule has 8 heteroatoms. The maximum Gasteiger partial charge on any atom is 0.393 e. The number of ether oxygens (including phenoxy) is 1. The van der Waals surface area contributed by atoms with Crippen LogP contribution in [0.15, 0.2) is 78.4 Å². The number of anilines is 1. The molecule has 4 rings (SSSR count). The topological polar surface area (TPSA) is 67.4 Å². The Morgan fingerprint density at radius 2 is 1.65 bits per heavy atom. The van der Waals surface area contributed by atoms with Crippen LogP contribution in [-0.4, -0.2) is 24.6 Å². The SMILES string of the molecule is CCCCOc1ccc(C2(C)CC(c3ccc(C)cc3)=C(C(=O)Nc3ccc(CC(F)(F)F)cc3)C(=O)N2)cc1. The quantitative estimate of drug-likeness (QED) is 0.221. The minimum absolute atomic E-state index is 0.0276. The first-order valence-electron chi connectivity index (χ1n) is 13.3. The van der Waals surface area contributed by atoms with Gasteiger partial charge < -0.3 is 15.4 Å². The van der Waals surface area contributed by atoms with Crippen LogP contribution in [0.4, 0.5) is 18.9 Å². The summed E-state index contributed by atoms with van der Waals surface area (Å²) in [5.74, 6) is -0.407. The van der Waals surface area contributed by atoms with Gasteiger partial charge in [0.05, 0.1) is 18.6 Å². The van der Waals surface area contributed by atoms with Crippen LogP contribution < -0.4 is 15.4 Å². The van der Waals surface area contributed by atoms with Gasteiger partial charge in [-0.15, -0.1) is 0 Å². The van der Waals surface area contributed by atoms with Gasteiger partial charge >= 0.3 is 6.18 Å². The lowest BCUT2D eigenvalue weighted by Crippen LogP contribution is -2.49. The molecule has 0 radical (unpaired) electrons. The van der Waals surface area contributed by atoms with Crippen LogP contribution in [0.3, 0.4) is 0 Å². The number of halogens is 3. The van der Waals surface area contributed by atoms with Crippen molar-refractivity contribution in [2.24, 2.45) is 0 Å². The number of carbonyl (C=O) groups excluding carboxylic acids is 2. The maximum absolute atomic E-state index is 13.5. The number of benzene rings is 3. The molecule has 5 nitrogen and oxygen atoms in total. The van der Waals surface area contributed by atoms with Crippen molar-refractivity contribution in [2.75, 3.05) is 11.9 Å². The Labute approximate surface area is 232 Å². The normalized spacial score (nSPS) is 17.4. The third-order valence-corrected chi connectivity index (χ3v) is 6.95. The molecule has 0 fully saturated rings. The number of hydrogen-bond donors (Lipinski definition) is 2. The molecule has 0 aromatic heterocycles. The van der Waals surface area contributed by atoms with E-state index in [1.807, 2.05) is 62.4 Å². The van der Waals surface area contributed by atoms with Crippen molar-refractivity contribution in [3.05, 3.63) is 101 Å². The van der Waals surface area contributed by atoms with Crippen molar-refractivity contribution < 1.29 is 27.5 Å². The van der Waals surface area contributed by atoms with Gasteiger partial charge in [0.25, 0.3) is 11.8 Å². The van der Waals surface area contributed by atoms with E-state index in [0.717, 1.165) is 35.3 Å². The third-order valence-electron chi connectivity index (χ3n) is 6.95. The summed E-state index contributed by atoms with van der Waals surface area (Å²) in [6, 6.07) is 20.6. The molecule has 3 aromatic rings. The second-order valence-corrected chi connectivity index (χ2v) is 10.4. The standard InChI is InChI=1S/C32H33F3N2O3/c1-4-5-18-40-26-16-12-24(13-17-26)31(3)20-27(23-10-6-21(2)7-11-23)28(30(39)37-31)29(38)36-25-14-8-22(9-15-25)19-32(33,34)35/h6-17H,4-5,18-20H2,1-3H3,(H,36,38)(H,37,39). The Balaban J connectivity index is 1.63. The fourth-order valence-electron chi connectivity index (χ4n) is 4.74. The fraction of sp³-hybridized carbons (Fsp3) is 0.312. The molecule has 2 N–H and O–H groups in total. The largest absolute Gasteiger partial charge is 0.494 e. The zero-order valence-electron chi connectivity index (χ0n) is 22.8. The van der Waals surface area contributed by atoms with Gasteiger partial charge in [0.2, 0.25) is 0 Å². The number of nitrogens with one attached hydrogen (secondary N) is 2. The minimum atomic E-state index is -4.33. The summed E-state index contributed by atoms with van der Waals surface area (Å²) in [6.45, 7) is 6.60. The van der Waals surface area contributed by atoms with E-state index in [2.05, 4.69) is 17.6 Å². The highest BCUT2D eigenvalue weighted by atomic mass is 19.4. The first-order valence-corrected chi connectivity index (χ1v) is 13.3. The predicted octanol–water partition coefficient (Wildman–Crippen LogP) is 7.11. The van der Waals surface area contributed by atoms with Gasteiger partial charge in [0, 0.05) is 12.1 Å². The van der Waals surface area contributed by atoms with E-state index < -0.39 is 30.0 Å². The number of carbonyl (C=O) groups is 2. The van der Waals surface area contributed by atoms with Crippen LogP contribution in [0.1, 0.15) is 55.4 Å². The molecular formula is C32H33F3N2O3. The minimum Gasteiger partial charge on any atom is -0.494 e.